The first kappa shape index (κ1) is 11.4. The van der Waals surface area contributed by atoms with Gasteiger partial charge in [-0.05, 0) is 38.5 Å². The van der Waals surface area contributed by atoms with Crippen LogP contribution in [-0.2, 0) is 0 Å². The van der Waals surface area contributed by atoms with Crippen LogP contribution in [0.15, 0.2) is 0 Å². The van der Waals surface area contributed by atoms with Gasteiger partial charge in [-0.3, -0.25) is 0 Å². The second-order valence-corrected chi connectivity index (χ2v) is 5.68. The third-order valence-electron chi connectivity index (χ3n) is 4.47. The maximum atomic E-state index is 9.64. The lowest BCUT2D eigenvalue weighted by atomic mass is 9.74. The first-order valence-corrected chi connectivity index (χ1v) is 6.63. The van der Waals surface area contributed by atoms with Crippen molar-refractivity contribution in [3.63, 3.8) is 0 Å². The van der Waals surface area contributed by atoms with Crippen LogP contribution in [0.4, 0.5) is 0 Å². The fourth-order valence-corrected chi connectivity index (χ4v) is 3.05. The van der Waals surface area contributed by atoms with Crippen LogP contribution in [0.3, 0.4) is 0 Å². The van der Waals surface area contributed by atoms with Crippen LogP contribution >= 0.6 is 0 Å². The van der Waals surface area contributed by atoms with E-state index in [1.165, 1.54) is 51.4 Å². The standard InChI is InChI=1S/C13H25NO/c1-13(10-15,14-12-8-5-9-12)11-6-3-2-4-7-11/h11-12,14-15H,2-10H2,1H3. The van der Waals surface area contributed by atoms with E-state index in [2.05, 4.69) is 12.2 Å². The van der Waals surface area contributed by atoms with Gasteiger partial charge in [-0.2, -0.15) is 0 Å². The van der Waals surface area contributed by atoms with Gasteiger partial charge in [0.2, 0.25) is 0 Å². The van der Waals surface area contributed by atoms with Crippen molar-refractivity contribution in [3.05, 3.63) is 0 Å². The van der Waals surface area contributed by atoms with Crippen LogP contribution < -0.4 is 5.32 Å². The highest BCUT2D eigenvalue weighted by Crippen LogP contribution is 2.34. The van der Waals surface area contributed by atoms with Crippen LogP contribution in [-0.4, -0.2) is 23.3 Å². The molecule has 2 heteroatoms. The third kappa shape index (κ3) is 2.54. The minimum absolute atomic E-state index is 0.00843. The van der Waals surface area contributed by atoms with E-state index >= 15 is 0 Å². The van der Waals surface area contributed by atoms with E-state index in [0.29, 0.717) is 18.6 Å². The molecule has 15 heavy (non-hydrogen) atoms. The lowest BCUT2D eigenvalue weighted by Crippen LogP contribution is -2.57. The van der Waals surface area contributed by atoms with Crippen molar-refractivity contribution in [1.82, 2.24) is 5.32 Å². The molecule has 0 heterocycles. The van der Waals surface area contributed by atoms with Gasteiger partial charge in [-0.1, -0.05) is 25.7 Å². The second-order valence-electron chi connectivity index (χ2n) is 5.68. The lowest BCUT2D eigenvalue weighted by molar-refractivity contribution is 0.0719. The summed E-state index contributed by atoms with van der Waals surface area (Å²) in [5, 5.41) is 13.3. The summed E-state index contributed by atoms with van der Waals surface area (Å²) in [4.78, 5) is 0. The highest BCUT2D eigenvalue weighted by Gasteiger charge is 2.37. The Morgan fingerprint density at radius 3 is 2.20 bits per heavy atom. The van der Waals surface area contributed by atoms with Gasteiger partial charge in [0.05, 0.1) is 6.61 Å². The summed E-state index contributed by atoms with van der Waals surface area (Å²) in [6.45, 7) is 2.52. The van der Waals surface area contributed by atoms with Crippen LogP contribution in [0.1, 0.15) is 58.3 Å². The normalized spacial score (nSPS) is 28.4. The Balaban J connectivity index is 1.91. The van der Waals surface area contributed by atoms with Crippen molar-refractivity contribution in [2.45, 2.75) is 69.9 Å². The molecule has 0 aliphatic heterocycles. The molecule has 1 unspecified atom stereocenters. The van der Waals surface area contributed by atoms with Crippen LogP contribution in [0.5, 0.6) is 0 Å². The third-order valence-corrected chi connectivity index (χ3v) is 4.47. The Hall–Kier alpha value is -0.0800. The van der Waals surface area contributed by atoms with Gasteiger partial charge in [0.25, 0.3) is 0 Å². The summed E-state index contributed by atoms with van der Waals surface area (Å²) in [7, 11) is 0. The number of rotatable bonds is 4. The Labute approximate surface area is 93.5 Å². The highest BCUT2D eigenvalue weighted by molar-refractivity contribution is 4.95. The van der Waals surface area contributed by atoms with Crippen molar-refractivity contribution < 1.29 is 5.11 Å². The number of nitrogens with one attached hydrogen (secondary N) is 1. The Morgan fingerprint density at radius 1 is 1.07 bits per heavy atom. The zero-order valence-electron chi connectivity index (χ0n) is 9.97. The molecule has 2 fully saturated rings. The predicted octanol–water partition coefficient (Wildman–Crippen LogP) is 2.46. The minimum Gasteiger partial charge on any atom is -0.394 e. The largest absolute Gasteiger partial charge is 0.394 e. The summed E-state index contributed by atoms with van der Waals surface area (Å²) < 4.78 is 0. The van der Waals surface area contributed by atoms with E-state index in [0.717, 1.165) is 0 Å². The van der Waals surface area contributed by atoms with Gasteiger partial charge >= 0.3 is 0 Å². The average molecular weight is 211 g/mol. The molecule has 2 saturated carbocycles. The maximum Gasteiger partial charge on any atom is 0.0613 e. The van der Waals surface area contributed by atoms with Crippen molar-refractivity contribution >= 4 is 0 Å². The summed E-state index contributed by atoms with van der Waals surface area (Å²) in [5.74, 6) is 0.692. The molecule has 0 spiro atoms. The molecule has 0 saturated heterocycles. The maximum absolute atomic E-state index is 9.64. The molecule has 2 aliphatic carbocycles. The number of hydrogen-bond acceptors (Lipinski definition) is 2. The van der Waals surface area contributed by atoms with Crippen LogP contribution in [0, 0.1) is 5.92 Å². The van der Waals surface area contributed by atoms with Gasteiger partial charge in [0.1, 0.15) is 0 Å². The van der Waals surface area contributed by atoms with E-state index in [1.54, 1.807) is 0 Å². The molecule has 2 nitrogen and oxygen atoms in total. The molecule has 0 aromatic rings. The van der Waals surface area contributed by atoms with Crippen LogP contribution in [0.25, 0.3) is 0 Å². The summed E-state index contributed by atoms with van der Waals surface area (Å²) >= 11 is 0. The van der Waals surface area contributed by atoms with Crippen molar-refractivity contribution in [2.75, 3.05) is 6.61 Å². The quantitative estimate of drug-likeness (QED) is 0.748. The van der Waals surface area contributed by atoms with E-state index in [-0.39, 0.29) is 5.54 Å². The van der Waals surface area contributed by atoms with E-state index in [9.17, 15) is 5.11 Å². The zero-order valence-corrected chi connectivity index (χ0v) is 9.97. The number of aliphatic hydroxyl groups excluding tert-OH is 1. The smallest absolute Gasteiger partial charge is 0.0613 e. The van der Waals surface area contributed by atoms with Crippen molar-refractivity contribution in [1.29, 1.82) is 0 Å². The Morgan fingerprint density at radius 2 is 1.73 bits per heavy atom. The fraction of sp³-hybridized carbons (Fsp3) is 1.00. The lowest BCUT2D eigenvalue weighted by Gasteiger charge is -2.44. The molecule has 0 radical (unpaired) electrons. The molecular formula is C13H25NO. The molecule has 2 N–H and O–H groups in total. The second kappa shape index (κ2) is 4.84. The zero-order chi connectivity index (χ0) is 10.7. The summed E-state index contributed by atoms with van der Waals surface area (Å²) in [6.07, 6.45) is 10.7. The monoisotopic (exact) mass is 211 g/mol. The number of hydrogen-bond donors (Lipinski definition) is 2. The molecule has 0 amide bonds. The van der Waals surface area contributed by atoms with Gasteiger partial charge in [-0.15, -0.1) is 0 Å². The predicted molar refractivity (Wildman–Crippen MR) is 62.8 cm³/mol. The van der Waals surface area contributed by atoms with Crippen molar-refractivity contribution in [2.24, 2.45) is 5.92 Å². The first-order chi connectivity index (χ1) is 7.24. The minimum atomic E-state index is -0.00843. The molecule has 1 atom stereocenters. The SMILES string of the molecule is CC(CO)(NC1CCC1)C1CCCCC1. The molecule has 0 bridgehead atoms. The highest BCUT2D eigenvalue weighted by atomic mass is 16.3. The molecule has 0 aromatic carbocycles. The van der Waals surface area contributed by atoms with Gasteiger partial charge in [0.15, 0.2) is 0 Å². The molecule has 88 valence electrons. The van der Waals surface area contributed by atoms with Gasteiger partial charge in [0, 0.05) is 11.6 Å². The average Bonchev–Trinajstić information content (AvgIpc) is 2.24. The number of aliphatic hydroxyl groups is 1. The van der Waals surface area contributed by atoms with E-state index in [4.69, 9.17) is 0 Å². The van der Waals surface area contributed by atoms with E-state index < -0.39 is 0 Å². The molecule has 0 aromatic heterocycles. The molecular weight excluding hydrogens is 186 g/mol. The van der Waals surface area contributed by atoms with E-state index in [1.807, 2.05) is 0 Å². The van der Waals surface area contributed by atoms with Crippen molar-refractivity contribution in [3.8, 4) is 0 Å². The topological polar surface area (TPSA) is 32.3 Å². The Bertz CT molecular complexity index is 197. The van der Waals surface area contributed by atoms with Gasteiger partial charge in [-0.25, -0.2) is 0 Å². The Kier molecular flexibility index (Phi) is 3.68. The van der Waals surface area contributed by atoms with Crippen LogP contribution in [0.2, 0.25) is 0 Å². The summed E-state index contributed by atoms with van der Waals surface area (Å²) in [6, 6.07) is 0.684. The van der Waals surface area contributed by atoms with Gasteiger partial charge < -0.3 is 10.4 Å². The molecule has 2 aliphatic rings. The first-order valence-electron chi connectivity index (χ1n) is 6.63. The summed E-state index contributed by atoms with van der Waals surface area (Å²) in [5.41, 5.74) is -0.00843. The fourth-order valence-electron chi connectivity index (χ4n) is 3.05. The molecule has 2 rings (SSSR count).